The van der Waals surface area contributed by atoms with Crippen molar-refractivity contribution in [3.05, 3.63) is 71.4 Å². The van der Waals surface area contributed by atoms with Crippen LogP contribution < -0.4 is 5.32 Å². The first-order valence-electron chi connectivity index (χ1n) is 9.34. The topological polar surface area (TPSA) is 113 Å². The maximum Gasteiger partial charge on any atom is 0.335 e. The van der Waals surface area contributed by atoms with Gasteiger partial charge in [0.1, 0.15) is 0 Å². The Morgan fingerprint density at radius 2 is 1.81 bits per heavy atom. The molecule has 3 N–H and O–H groups in total. The number of halogens is 2. The Morgan fingerprint density at radius 1 is 1.13 bits per heavy atom. The van der Waals surface area contributed by atoms with Crippen molar-refractivity contribution in [3.63, 3.8) is 0 Å². The van der Waals surface area contributed by atoms with Crippen LogP contribution in [0.2, 0.25) is 0 Å². The number of benzene rings is 2. The summed E-state index contributed by atoms with van der Waals surface area (Å²) in [6, 6.07) is 9.59. The number of nitrogens with one attached hydrogen (secondary N) is 1. The molecule has 0 aliphatic carbocycles. The number of rotatable bonds is 7. The van der Waals surface area contributed by atoms with Crippen molar-refractivity contribution in [3.8, 4) is 11.3 Å². The van der Waals surface area contributed by atoms with Crippen molar-refractivity contribution in [1.29, 1.82) is 0 Å². The van der Waals surface area contributed by atoms with E-state index in [1.54, 1.807) is 24.3 Å². The van der Waals surface area contributed by atoms with Crippen molar-refractivity contribution >= 4 is 19.2 Å². The molecule has 1 heterocycles. The van der Waals surface area contributed by atoms with E-state index in [-0.39, 0.29) is 24.5 Å². The summed E-state index contributed by atoms with van der Waals surface area (Å²) in [4.78, 5) is 31.3. The summed E-state index contributed by atoms with van der Waals surface area (Å²) in [7, 11) is -4.35. The van der Waals surface area contributed by atoms with Gasteiger partial charge in [0.2, 0.25) is 5.91 Å². The molecular weight excluding hydrogens is 429 g/mol. The monoisotopic (exact) mass is 450 g/mol. The van der Waals surface area contributed by atoms with Crippen LogP contribution in [-0.4, -0.2) is 20.9 Å². The van der Waals surface area contributed by atoms with Gasteiger partial charge >= 0.3 is 7.60 Å². The van der Waals surface area contributed by atoms with Crippen LogP contribution in [0.5, 0.6) is 0 Å². The van der Waals surface area contributed by atoms with E-state index in [1.165, 1.54) is 26.1 Å². The molecule has 7 nitrogen and oxygen atoms in total. The fourth-order valence-electron chi connectivity index (χ4n) is 2.91. The minimum atomic E-state index is -4.35. The number of nitrogens with zero attached hydrogens (tertiary/aromatic N) is 1. The number of amides is 1. The zero-order valence-corrected chi connectivity index (χ0v) is 17.7. The second-order valence-electron chi connectivity index (χ2n) is 7.54. The minimum absolute atomic E-state index is 0.0770. The van der Waals surface area contributed by atoms with Crippen molar-refractivity contribution in [2.45, 2.75) is 31.8 Å². The molecule has 0 aliphatic rings. The Balaban J connectivity index is 1.63. The minimum Gasteiger partial charge on any atom is -0.356 e. The van der Waals surface area contributed by atoms with Gasteiger partial charge in [0, 0.05) is 23.2 Å². The summed E-state index contributed by atoms with van der Waals surface area (Å²) in [5.41, 5.74) is 1.80. The molecule has 1 aromatic heterocycles. The Morgan fingerprint density at radius 3 is 2.42 bits per heavy atom. The van der Waals surface area contributed by atoms with Crippen molar-refractivity contribution in [2.75, 3.05) is 5.32 Å². The number of hydrogen-bond donors (Lipinski definition) is 3. The van der Waals surface area contributed by atoms with Gasteiger partial charge < -0.3 is 19.6 Å². The molecule has 31 heavy (non-hydrogen) atoms. The molecule has 0 unspecified atom stereocenters. The van der Waals surface area contributed by atoms with E-state index >= 15 is 0 Å². The van der Waals surface area contributed by atoms with Crippen LogP contribution in [0.1, 0.15) is 31.4 Å². The lowest BCUT2D eigenvalue weighted by atomic mass is 10.0. The van der Waals surface area contributed by atoms with Gasteiger partial charge in [-0.1, -0.05) is 17.3 Å². The summed E-state index contributed by atoms with van der Waals surface area (Å²) < 4.78 is 43.4. The van der Waals surface area contributed by atoms with Gasteiger partial charge in [0.05, 0.1) is 11.4 Å². The summed E-state index contributed by atoms with van der Waals surface area (Å²) in [5, 5.41) is 5.04. The number of aryl methyl sites for hydroxylation is 1. The van der Waals surface area contributed by atoms with Crippen molar-refractivity contribution < 1.29 is 32.5 Å². The van der Waals surface area contributed by atoms with Gasteiger partial charge in [-0.2, -0.15) is 0 Å². The van der Waals surface area contributed by atoms with Gasteiger partial charge in [-0.15, -0.1) is 0 Å². The Labute approximate surface area is 177 Å². The molecule has 10 heteroatoms. The third-order valence-electron chi connectivity index (χ3n) is 5.05. The lowest BCUT2D eigenvalue weighted by molar-refractivity contribution is -0.116. The normalized spacial score (nSPS) is 12.1. The van der Waals surface area contributed by atoms with Gasteiger partial charge in [-0.25, -0.2) is 8.78 Å². The molecule has 3 aromatic rings. The highest BCUT2D eigenvalue weighted by molar-refractivity contribution is 7.53. The Hall–Kier alpha value is -2.87. The van der Waals surface area contributed by atoms with Crippen LogP contribution in [0, 0.1) is 11.6 Å². The van der Waals surface area contributed by atoms with Crippen LogP contribution >= 0.6 is 7.60 Å². The number of anilines is 1. The van der Waals surface area contributed by atoms with Crippen LogP contribution in [-0.2, 0) is 20.9 Å². The second-order valence-corrected chi connectivity index (χ2v) is 9.74. The van der Waals surface area contributed by atoms with Gasteiger partial charge in [-0.3, -0.25) is 9.36 Å². The number of carbonyl (C=O) groups excluding carboxylic acids is 1. The zero-order valence-electron chi connectivity index (χ0n) is 16.8. The maximum atomic E-state index is 13.5. The van der Waals surface area contributed by atoms with Gasteiger partial charge in [0.25, 0.3) is 0 Å². The maximum absolute atomic E-state index is 13.5. The summed E-state index contributed by atoms with van der Waals surface area (Å²) in [6.07, 6.45) is 1.75. The van der Waals surface area contributed by atoms with Gasteiger partial charge in [0.15, 0.2) is 17.4 Å². The molecule has 0 atom stereocenters. The molecular formula is C21H21F2N2O5P. The molecule has 0 saturated heterocycles. The fourth-order valence-corrected chi connectivity index (χ4v) is 3.40. The summed E-state index contributed by atoms with van der Waals surface area (Å²) in [5.74, 6) is -2.03. The molecule has 1 amide bonds. The van der Waals surface area contributed by atoms with Crippen LogP contribution in [0.3, 0.4) is 0 Å². The molecule has 0 saturated carbocycles. The Kier molecular flexibility index (Phi) is 6.40. The zero-order chi connectivity index (χ0) is 22.8. The SMILES string of the molecule is CC(C)(c1ccc(NC(=O)CCc2cnoc2-c2ccc(F)c(F)c2)cc1)P(=O)(O)O. The highest BCUT2D eigenvalue weighted by Gasteiger charge is 2.39. The first kappa shape index (κ1) is 22.8. The highest BCUT2D eigenvalue weighted by Crippen LogP contribution is 2.56. The van der Waals surface area contributed by atoms with Crippen molar-refractivity contribution in [1.82, 2.24) is 5.16 Å². The van der Waals surface area contributed by atoms with Crippen LogP contribution in [0.4, 0.5) is 14.5 Å². The summed E-state index contributed by atoms with van der Waals surface area (Å²) >= 11 is 0. The van der Waals surface area contributed by atoms with Crippen LogP contribution in [0.25, 0.3) is 11.3 Å². The standard InChI is InChI=1S/C21H21F2N2O5P/c1-21(2,31(27,28)29)15-5-7-16(8-6-15)25-19(26)10-4-14-12-24-30-20(14)13-3-9-17(22)18(23)11-13/h3,5-9,11-12H,4,10H2,1-2H3,(H,25,26)(H2,27,28,29). The molecule has 0 radical (unpaired) electrons. The quantitative estimate of drug-likeness (QED) is 0.454. The number of carbonyl (C=O) groups is 1. The summed E-state index contributed by atoms with van der Waals surface area (Å²) in [6.45, 7) is 2.90. The first-order valence-corrected chi connectivity index (χ1v) is 11.0. The Bertz CT molecular complexity index is 1140. The second kappa shape index (κ2) is 8.70. The third kappa shape index (κ3) is 5.07. The van der Waals surface area contributed by atoms with E-state index in [4.69, 9.17) is 4.52 Å². The fraction of sp³-hybridized carbons (Fsp3) is 0.238. The van der Waals surface area contributed by atoms with E-state index < -0.39 is 24.4 Å². The average Bonchev–Trinajstić information content (AvgIpc) is 3.17. The predicted octanol–water partition coefficient (Wildman–Crippen LogP) is 4.60. The first-order chi connectivity index (χ1) is 14.5. The molecule has 0 fully saturated rings. The lowest BCUT2D eigenvalue weighted by Gasteiger charge is -2.26. The van der Waals surface area contributed by atoms with E-state index in [1.807, 2.05) is 0 Å². The molecule has 0 bridgehead atoms. The van der Waals surface area contributed by atoms with E-state index in [2.05, 4.69) is 10.5 Å². The average molecular weight is 450 g/mol. The molecule has 0 spiro atoms. The number of hydrogen-bond acceptors (Lipinski definition) is 4. The van der Waals surface area contributed by atoms with E-state index in [9.17, 15) is 27.9 Å². The highest BCUT2D eigenvalue weighted by atomic mass is 31.2. The van der Waals surface area contributed by atoms with Crippen LogP contribution in [0.15, 0.2) is 53.2 Å². The van der Waals surface area contributed by atoms with E-state index in [0.717, 1.165) is 12.1 Å². The predicted molar refractivity (Wildman–Crippen MR) is 110 cm³/mol. The molecule has 164 valence electrons. The number of aromatic nitrogens is 1. The van der Waals surface area contributed by atoms with Gasteiger partial charge in [-0.05, 0) is 56.2 Å². The van der Waals surface area contributed by atoms with E-state index in [0.29, 0.717) is 22.4 Å². The molecule has 0 aliphatic heterocycles. The lowest BCUT2D eigenvalue weighted by Crippen LogP contribution is -2.17. The molecule has 3 rings (SSSR count). The largest absolute Gasteiger partial charge is 0.356 e. The smallest absolute Gasteiger partial charge is 0.335 e. The molecule has 2 aromatic carbocycles. The van der Waals surface area contributed by atoms with Crippen molar-refractivity contribution in [2.24, 2.45) is 0 Å². The third-order valence-corrected chi connectivity index (χ3v) is 6.77.